The number of aromatic nitrogens is 3. The number of nitrogens with zero attached hydrogens (tertiary/aromatic N) is 3. The highest BCUT2D eigenvalue weighted by atomic mass is 35.5. The molecule has 1 N–H and O–H groups in total. The molecule has 5 rings (SSSR count). The second kappa shape index (κ2) is 7.46. The molecule has 30 heavy (non-hydrogen) atoms. The van der Waals surface area contributed by atoms with Crippen molar-refractivity contribution in [1.29, 1.82) is 0 Å². The minimum atomic E-state index is -0.191. The van der Waals surface area contributed by atoms with Crippen LogP contribution in [0, 0.1) is 0 Å². The summed E-state index contributed by atoms with van der Waals surface area (Å²) in [6, 6.07) is 18.8. The van der Waals surface area contributed by atoms with Gasteiger partial charge in [0.25, 0.3) is 5.56 Å². The smallest absolute Gasteiger partial charge is 0.272 e. The highest BCUT2D eigenvalue weighted by Crippen LogP contribution is 2.30. The first-order valence-corrected chi connectivity index (χ1v) is 10.1. The van der Waals surface area contributed by atoms with E-state index < -0.39 is 0 Å². The second-order valence-corrected chi connectivity index (χ2v) is 7.97. The number of halogens is 1. The van der Waals surface area contributed by atoms with Gasteiger partial charge < -0.3 is 4.90 Å². The molecule has 1 aliphatic rings. The van der Waals surface area contributed by atoms with Gasteiger partial charge in [0.15, 0.2) is 5.65 Å². The number of likely N-dealkylation sites (tertiary alicyclic amines) is 1. The summed E-state index contributed by atoms with van der Waals surface area (Å²) in [5.74, 6) is -0.0234. The zero-order valence-electron chi connectivity index (χ0n) is 16.1. The first-order valence-electron chi connectivity index (χ1n) is 9.77. The van der Waals surface area contributed by atoms with Gasteiger partial charge in [0.05, 0.1) is 5.69 Å². The Morgan fingerprint density at radius 3 is 2.60 bits per heavy atom. The van der Waals surface area contributed by atoms with E-state index in [0.717, 1.165) is 16.7 Å². The van der Waals surface area contributed by atoms with Crippen LogP contribution in [0.5, 0.6) is 0 Å². The quantitative estimate of drug-likeness (QED) is 0.547. The van der Waals surface area contributed by atoms with Crippen LogP contribution in [-0.2, 0) is 11.3 Å². The molecule has 0 unspecified atom stereocenters. The highest BCUT2D eigenvalue weighted by molar-refractivity contribution is 6.30. The molecule has 0 aliphatic carbocycles. The third kappa shape index (κ3) is 3.39. The SMILES string of the molecule is O=C1C[C@H](c2cc(=O)n3[nH]cc(-c4ccc(Cl)cc4)c3n2)CN1Cc1ccccc1. The maximum atomic E-state index is 12.7. The number of aromatic amines is 1. The molecule has 3 heterocycles. The van der Waals surface area contributed by atoms with Crippen LogP contribution in [0.4, 0.5) is 0 Å². The summed E-state index contributed by atoms with van der Waals surface area (Å²) in [5.41, 5.74) is 3.83. The lowest BCUT2D eigenvalue weighted by Crippen LogP contribution is -2.24. The Bertz CT molecular complexity index is 1280. The number of rotatable bonds is 4. The second-order valence-electron chi connectivity index (χ2n) is 7.53. The average Bonchev–Trinajstić information content (AvgIpc) is 3.34. The fourth-order valence-corrected chi connectivity index (χ4v) is 4.10. The summed E-state index contributed by atoms with van der Waals surface area (Å²) in [5, 5.41) is 3.61. The zero-order valence-corrected chi connectivity index (χ0v) is 16.8. The third-order valence-electron chi connectivity index (χ3n) is 5.52. The molecule has 150 valence electrons. The van der Waals surface area contributed by atoms with Crippen molar-refractivity contribution in [2.75, 3.05) is 6.54 Å². The van der Waals surface area contributed by atoms with Gasteiger partial charge in [-0.2, -0.15) is 0 Å². The van der Waals surface area contributed by atoms with Crippen LogP contribution in [0.3, 0.4) is 0 Å². The molecule has 0 radical (unpaired) electrons. The van der Waals surface area contributed by atoms with Crippen molar-refractivity contribution in [3.63, 3.8) is 0 Å². The summed E-state index contributed by atoms with van der Waals surface area (Å²) in [7, 11) is 0. The Morgan fingerprint density at radius 2 is 1.83 bits per heavy atom. The van der Waals surface area contributed by atoms with Gasteiger partial charge in [-0.05, 0) is 23.3 Å². The van der Waals surface area contributed by atoms with Gasteiger partial charge in [0.1, 0.15) is 0 Å². The monoisotopic (exact) mass is 418 g/mol. The number of benzene rings is 2. The average molecular weight is 419 g/mol. The fraction of sp³-hybridized carbons (Fsp3) is 0.174. The van der Waals surface area contributed by atoms with Crippen molar-refractivity contribution in [1.82, 2.24) is 19.5 Å². The molecule has 1 fully saturated rings. The normalized spacial score (nSPS) is 16.5. The molecule has 2 aromatic heterocycles. The molecule has 2 aromatic carbocycles. The van der Waals surface area contributed by atoms with E-state index in [0.29, 0.717) is 35.9 Å². The molecule has 1 amide bonds. The molecule has 1 aliphatic heterocycles. The first-order chi connectivity index (χ1) is 14.6. The maximum Gasteiger partial charge on any atom is 0.272 e. The van der Waals surface area contributed by atoms with Crippen molar-refractivity contribution < 1.29 is 4.79 Å². The topological polar surface area (TPSA) is 70.5 Å². The number of hydrogen-bond donors (Lipinski definition) is 1. The summed E-state index contributed by atoms with van der Waals surface area (Å²) in [4.78, 5) is 31.9. The van der Waals surface area contributed by atoms with Gasteiger partial charge in [0.2, 0.25) is 5.91 Å². The number of hydrogen-bond acceptors (Lipinski definition) is 3. The van der Waals surface area contributed by atoms with Gasteiger partial charge >= 0.3 is 0 Å². The molecule has 0 saturated carbocycles. The van der Waals surface area contributed by atoms with E-state index in [2.05, 4.69) is 5.10 Å². The minimum absolute atomic E-state index is 0.0813. The summed E-state index contributed by atoms with van der Waals surface area (Å²) in [6.07, 6.45) is 2.12. The van der Waals surface area contributed by atoms with Crippen LogP contribution in [-0.4, -0.2) is 31.9 Å². The Balaban J connectivity index is 1.47. The van der Waals surface area contributed by atoms with Gasteiger partial charge in [0, 0.05) is 48.3 Å². The number of amides is 1. The Morgan fingerprint density at radius 1 is 1.07 bits per heavy atom. The largest absolute Gasteiger partial charge is 0.338 e. The number of carbonyl (C=O) groups is 1. The van der Waals surface area contributed by atoms with E-state index in [1.165, 1.54) is 10.6 Å². The summed E-state index contributed by atoms with van der Waals surface area (Å²) in [6.45, 7) is 1.12. The third-order valence-corrected chi connectivity index (χ3v) is 5.77. The van der Waals surface area contributed by atoms with E-state index in [1.54, 1.807) is 18.3 Å². The predicted octanol–water partition coefficient (Wildman–Crippen LogP) is 3.86. The molecule has 7 heteroatoms. The lowest BCUT2D eigenvalue weighted by Gasteiger charge is -2.16. The van der Waals surface area contributed by atoms with Crippen LogP contribution in [0.1, 0.15) is 23.6 Å². The molecule has 1 saturated heterocycles. The zero-order chi connectivity index (χ0) is 20.7. The van der Waals surface area contributed by atoms with Crippen molar-refractivity contribution in [2.24, 2.45) is 0 Å². The molecule has 1 atom stereocenters. The predicted molar refractivity (Wildman–Crippen MR) is 115 cm³/mol. The van der Waals surface area contributed by atoms with E-state index in [-0.39, 0.29) is 17.4 Å². The Labute approximate surface area is 177 Å². The number of fused-ring (bicyclic) bond motifs is 1. The number of H-pyrrole nitrogens is 1. The summed E-state index contributed by atoms with van der Waals surface area (Å²) < 4.78 is 1.42. The molecular weight excluding hydrogens is 400 g/mol. The van der Waals surface area contributed by atoms with Crippen LogP contribution in [0.2, 0.25) is 5.02 Å². The van der Waals surface area contributed by atoms with E-state index in [1.807, 2.05) is 47.4 Å². The van der Waals surface area contributed by atoms with E-state index >= 15 is 0 Å². The van der Waals surface area contributed by atoms with E-state index in [9.17, 15) is 9.59 Å². The molecular formula is C23H19ClN4O2. The van der Waals surface area contributed by atoms with Gasteiger partial charge in [-0.1, -0.05) is 54.1 Å². The van der Waals surface area contributed by atoms with Crippen LogP contribution < -0.4 is 5.56 Å². The Hall–Kier alpha value is -3.38. The van der Waals surface area contributed by atoms with Gasteiger partial charge in [-0.25, -0.2) is 9.50 Å². The molecule has 0 spiro atoms. The minimum Gasteiger partial charge on any atom is -0.338 e. The van der Waals surface area contributed by atoms with Gasteiger partial charge in [-0.15, -0.1) is 0 Å². The lowest BCUT2D eigenvalue weighted by molar-refractivity contribution is -0.128. The fourth-order valence-electron chi connectivity index (χ4n) is 3.98. The highest BCUT2D eigenvalue weighted by Gasteiger charge is 2.32. The van der Waals surface area contributed by atoms with Crippen LogP contribution in [0.15, 0.2) is 71.7 Å². The number of nitrogens with one attached hydrogen (secondary N) is 1. The maximum absolute atomic E-state index is 12.7. The molecule has 4 aromatic rings. The summed E-state index contributed by atoms with van der Waals surface area (Å²) >= 11 is 6.00. The Kier molecular flexibility index (Phi) is 4.64. The van der Waals surface area contributed by atoms with Gasteiger partial charge in [-0.3, -0.25) is 14.7 Å². The standard InChI is InChI=1S/C23H19ClN4O2/c24-18-8-6-16(7-9-18)19-12-25-28-22(30)11-20(26-23(19)28)17-10-21(29)27(14-17)13-15-4-2-1-3-5-15/h1-9,11-12,17,25H,10,13-14H2/t17-/m0/s1. The number of carbonyl (C=O) groups excluding carboxylic acids is 1. The molecule has 6 nitrogen and oxygen atoms in total. The van der Waals surface area contributed by atoms with Crippen LogP contribution in [0.25, 0.3) is 16.8 Å². The van der Waals surface area contributed by atoms with Crippen molar-refractivity contribution in [3.8, 4) is 11.1 Å². The van der Waals surface area contributed by atoms with Crippen molar-refractivity contribution in [2.45, 2.75) is 18.9 Å². The lowest BCUT2D eigenvalue weighted by atomic mass is 10.0. The van der Waals surface area contributed by atoms with Crippen molar-refractivity contribution >= 4 is 23.2 Å². The molecule has 0 bridgehead atoms. The van der Waals surface area contributed by atoms with Crippen molar-refractivity contribution in [3.05, 3.63) is 93.5 Å². The first kappa shape index (κ1) is 18.6. The van der Waals surface area contributed by atoms with Crippen LogP contribution >= 0.6 is 11.6 Å². The van der Waals surface area contributed by atoms with E-state index in [4.69, 9.17) is 16.6 Å².